The first-order valence-electron chi connectivity index (χ1n) is 21.1. The summed E-state index contributed by atoms with van der Waals surface area (Å²) in [5.41, 5.74) is 2.39. The molecule has 5 rings (SSSR count). The van der Waals surface area contributed by atoms with Crippen LogP contribution in [0.25, 0.3) is 0 Å². The van der Waals surface area contributed by atoms with Gasteiger partial charge in [-0.25, -0.2) is 0 Å². The zero-order valence-electron chi connectivity index (χ0n) is 38.2. The van der Waals surface area contributed by atoms with Crippen molar-refractivity contribution in [2.24, 2.45) is 0 Å². The van der Waals surface area contributed by atoms with Crippen LogP contribution in [0.2, 0.25) is 64.5 Å². The summed E-state index contributed by atoms with van der Waals surface area (Å²) < 4.78 is 28.3. The number of benzene rings is 5. The molecule has 6 nitrogen and oxygen atoms in total. The minimum atomic E-state index is -3.17. The van der Waals surface area contributed by atoms with Gasteiger partial charge >= 0.3 is 17.1 Å². The highest BCUT2D eigenvalue weighted by molar-refractivity contribution is 7.05. The second-order valence-electron chi connectivity index (χ2n) is 17.8. The largest absolute Gasteiger partial charge is 0.433 e. The Morgan fingerprint density at radius 3 is 1.10 bits per heavy atom. The fraction of sp³-hybridized carbons (Fsp3) is 0.265. The lowest BCUT2D eigenvalue weighted by Gasteiger charge is -2.43. The molecule has 0 amide bonds. The number of hydrogen-bond acceptors (Lipinski definition) is 6. The molecule has 0 aromatic heterocycles. The number of Topliss-reactive ketones (excluding diaryl/α,β-unsaturated/α-hetero) is 2. The summed E-state index contributed by atoms with van der Waals surface area (Å²) in [5.74, 6) is 0.146. The van der Waals surface area contributed by atoms with Gasteiger partial charge in [0.1, 0.15) is 0 Å². The monoisotopic (exact) mass is 918 g/mol. The molecule has 0 aliphatic rings. The van der Waals surface area contributed by atoms with Crippen LogP contribution in [-0.4, -0.2) is 62.7 Å². The Morgan fingerprint density at radius 2 is 0.787 bits per heavy atom. The van der Waals surface area contributed by atoms with Crippen LogP contribution in [0.5, 0.6) is 0 Å². The first kappa shape index (κ1) is 49.7. The van der Waals surface area contributed by atoms with Crippen LogP contribution in [0.4, 0.5) is 0 Å². The third-order valence-electron chi connectivity index (χ3n) is 10.1. The molecule has 0 bridgehead atoms. The van der Waals surface area contributed by atoms with Crippen molar-refractivity contribution in [2.45, 2.75) is 85.2 Å². The number of ketones is 2. The Labute approximate surface area is 373 Å². The summed E-state index contributed by atoms with van der Waals surface area (Å²) in [6.45, 7) is 30.6. The minimum Gasteiger partial charge on any atom is -0.433 e. The summed E-state index contributed by atoms with van der Waals surface area (Å²) in [5, 5.41) is 5.55. The van der Waals surface area contributed by atoms with Crippen molar-refractivity contribution in [3.63, 3.8) is 0 Å². The normalized spacial score (nSPS) is 12.3. The van der Waals surface area contributed by atoms with E-state index in [0.29, 0.717) is 23.2 Å². The van der Waals surface area contributed by atoms with E-state index in [-0.39, 0.29) is 11.6 Å². The van der Waals surface area contributed by atoms with Crippen molar-refractivity contribution < 1.29 is 26.0 Å². The molecule has 0 aliphatic carbocycles. The topological polar surface area (TPSA) is 71.1 Å². The fourth-order valence-electron chi connectivity index (χ4n) is 7.13. The van der Waals surface area contributed by atoms with E-state index in [9.17, 15) is 9.59 Å². The molecule has 0 saturated carbocycles. The first-order valence-corrected chi connectivity index (χ1v) is 36.6. The van der Waals surface area contributed by atoms with Gasteiger partial charge in [-0.1, -0.05) is 164 Å². The van der Waals surface area contributed by atoms with Gasteiger partial charge in [0.2, 0.25) is 8.32 Å². The molecule has 0 unspecified atom stereocenters. The lowest BCUT2D eigenvalue weighted by Crippen LogP contribution is -2.72. The lowest BCUT2D eigenvalue weighted by atomic mass is 10.2. The Hall–Kier alpha value is -3.94. The molecule has 322 valence electrons. The van der Waals surface area contributed by atoms with Gasteiger partial charge in [0, 0.05) is 12.1 Å². The molecule has 0 fully saturated rings. The van der Waals surface area contributed by atoms with Crippen LogP contribution in [-0.2, 0) is 26.0 Å². The maximum atomic E-state index is 12.7. The van der Waals surface area contributed by atoms with Gasteiger partial charge in [0.05, 0.1) is 0 Å². The Kier molecular flexibility index (Phi) is 17.5. The van der Waals surface area contributed by atoms with Gasteiger partial charge in [-0.3, -0.25) is 9.59 Å². The molecule has 0 N–H and O–H groups in total. The van der Waals surface area contributed by atoms with Crippen molar-refractivity contribution >= 4 is 88.6 Å². The van der Waals surface area contributed by atoms with Crippen molar-refractivity contribution in [3.05, 3.63) is 175 Å². The Bertz CT molecular complexity index is 2130. The molecule has 0 saturated heterocycles. The minimum absolute atomic E-state index is 0.0655. The number of rotatable bonds is 19. The Morgan fingerprint density at radius 1 is 0.475 bits per heavy atom. The zero-order chi connectivity index (χ0) is 45.1. The SMILES string of the molecule is C=C(C)C(=O)C[Si](C)(C)O[Si](O[SiH](C)C)(c1ccccc1)c1ccccc1.C=C(C)C(=O)C[Si](C)(C)O[Si](O[Si](C)(C)c1ccc(C)cc1)(c1ccccc1)c1ccccc1. The Balaban J connectivity index is 0.000000276. The third kappa shape index (κ3) is 13.8. The number of carbonyl (C=O) groups excluding carboxylic acids is 2. The van der Waals surface area contributed by atoms with Crippen LogP contribution in [0.15, 0.2) is 170 Å². The summed E-state index contributed by atoms with van der Waals surface area (Å²) in [6.07, 6.45) is 0. The molecule has 5 aromatic carbocycles. The summed E-state index contributed by atoms with van der Waals surface area (Å²) >= 11 is 0. The smallest absolute Gasteiger partial charge is 0.386 e. The standard InChI is InChI=1S/C28H36O3Si3.C21H30O3Si3/c1-23(2)28(29)22-32(4,5)30-34(26-14-10-8-11-15-26,27-16-12-9-13-17-27)31-33(6,7)25-20-18-24(3)19-21-25;1-18(2)21(22)17-26(5,6)24-27(23-25(3)4,19-13-9-7-10-14-19)20-15-11-8-12-16-20/h8-21H,1,22H2,2-7H3;7-16,25H,1,17H2,2-6H3. The number of hydrogen-bond donors (Lipinski definition) is 0. The van der Waals surface area contributed by atoms with Gasteiger partial charge < -0.3 is 16.5 Å². The quantitative estimate of drug-likeness (QED) is 0.0611. The molecule has 5 aromatic rings. The predicted octanol–water partition coefficient (Wildman–Crippen LogP) is 8.66. The molecule has 0 radical (unpaired) electrons. The van der Waals surface area contributed by atoms with E-state index in [4.69, 9.17) is 16.5 Å². The van der Waals surface area contributed by atoms with E-state index in [2.05, 4.69) is 145 Å². The summed E-state index contributed by atoms with van der Waals surface area (Å²) in [7, 11) is -14.8. The van der Waals surface area contributed by atoms with Crippen LogP contribution in [0.1, 0.15) is 19.4 Å². The van der Waals surface area contributed by atoms with Crippen LogP contribution in [0, 0.1) is 6.92 Å². The second kappa shape index (κ2) is 21.4. The van der Waals surface area contributed by atoms with E-state index in [1.807, 2.05) is 72.8 Å². The van der Waals surface area contributed by atoms with E-state index in [1.165, 1.54) is 10.8 Å². The molecule has 0 atom stereocenters. The van der Waals surface area contributed by atoms with E-state index >= 15 is 0 Å². The third-order valence-corrected chi connectivity index (χ3v) is 31.7. The van der Waals surface area contributed by atoms with Crippen molar-refractivity contribution in [1.29, 1.82) is 0 Å². The molecular formula is C49H66O6Si6. The van der Waals surface area contributed by atoms with E-state index in [0.717, 1.165) is 20.7 Å². The van der Waals surface area contributed by atoms with Crippen molar-refractivity contribution in [1.82, 2.24) is 0 Å². The number of carbonyl (C=O) groups is 2. The zero-order valence-corrected chi connectivity index (χ0v) is 44.4. The molecule has 12 heteroatoms. The molecule has 0 heterocycles. The fourth-order valence-corrected chi connectivity index (χ4v) is 31.3. The van der Waals surface area contributed by atoms with Gasteiger partial charge in [0.15, 0.2) is 37.2 Å². The van der Waals surface area contributed by atoms with Gasteiger partial charge in [-0.05, 0) is 110 Å². The number of allylic oxidation sites excluding steroid dienone is 2. The maximum absolute atomic E-state index is 12.7. The predicted molar refractivity (Wildman–Crippen MR) is 272 cm³/mol. The maximum Gasteiger partial charge on any atom is 0.386 e. The van der Waals surface area contributed by atoms with Crippen molar-refractivity contribution in [3.8, 4) is 0 Å². The summed E-state index contributed by atoms with van der Waals surface area (Å²) in [6, 6.07) is 50.7. The average Bonchev–Trinajstić information content (AvgIpc) is 3.21. The molecule has 0 aliphatic heterocycles. The van der Waals surface area contributed by atoms with Crippen LogP contribution in [0.3, 0.4) is 0 Å². The molecular weight excluding hydrogens is 853 g/mol. The van der Waals surface area contributed by atoms with Gasteiger partial charge in [-0.2, -0.15) is 0 Å². The van der Waals surface area contributed by atoms with Gasteiger partial charge in [-0.15, -0.1) is 0 Å². The van der Waals surface area contributed by atoms with E-state index in [1.54, 1.807) is 13.8 Å². The highest BCUT2D eigenvalue weighted by Crippen LogP contribution is 2.26. The second-order valence-corrected chi connectivity index (χ2v) is 39.4. The van der Waals surface area contributed by atoms with E-state index < -0.39 is 51.1 Å². The number of aryl methyl sites for hydroxylation is 1. The first-order chi connectivity index (χ1) is 28.6. The highest BCUT2D eigenvalue weighted by Gasteiger charge is 2.51. The average molecular weight is 920 g/mol. The van der Waals surface area contributed by atoms with Gasteiger partial charge in [0.25, 0.3) is 0 Å². The van der Waals surface area contributed by atoms with Crippen LogP contribution >= 0.6 is 0 Å². The lowest BCUT2D eigenvalue weighted by molar-refractivity contribution is -0.114. The van der Waals surface area contributed by atoms with Crippen molar-refractivity contribution in [2.75, 3.05) is 0 Å². The summed E-state index contributed by atoms with van der Waals surface area (Å²) in [4.78, 5) is 25.1. The molecule has 0 spiro atoms. The van der Waals surface area contributed by atoms with Crippen LogP contribution < -0.4 is 25.9 Å². The molecule has 61 heavy (non-hydrogen) atoms. The highest BCUT2D eigenvalue weighted by atomic mass is 28.5.